The molecule has 0 spiro atoms. The molecular weight excluding hydrogens is 311 g/mol. The number of nitrogens with zero attached hydrogens (tertiary/aromatic N) is 3. The van der Waals surface area contributed by atoms with E-state index >= 15 is 0 Å². The Kier molecular flexibility index (Phi) is 4.02. The van der Waals surface area contributed by atoms with Crippen molar-refractivity contribution in [1.82, 2.24) is 9.97 Å². The topological polar surface area (TPSA) is 64.9 Å². The minimum atomic E-state index is -0.497. The summed E-state index contributed by atoms with van der Waals surface area (Å²) in [4.78, 5) is 9.39. The Hall–Kier alpha value is -1.74. The molecule has 2 aromatic rings. The van der Waals surface area contributed by atoms with E-state index in [0.717, 1.165) is 11.5 Å². The molecule has 5 nitrogen and oxygen atoms in total. The SMILES string of the molecule is N#CC1CN(c2ccc(Cl)cc2Cl)C(c2ncc[nH]2)CO1. The molecule has 21 heavy (non-hydrogen) atoms. The van der Waals surface area contributed by atoms with Crippen LogP contribution >= 0.6 is 23.2 Å². The number of aromatic amines is 1. The quantitative estimate of drug-likeness (QED) is 0.922. The molecular formula is C14H12Cl2N4O. The molecule has 1 aromatic carbocycles. The minimum absolute atomic E-state index is 0.122. The molecule has 1 fully saturated rings. The molecule has 0 bridgehead atoms. The van der Waals surface area contributed by atoms with E-state index in [4.69, 9.17) is 33.2 Å². The molecule has 3 rings (SSSR count). The molecule has 7 heteroatoms. The summed E-state index contributed by atoms with van der Waals surface area (Å²) in [5.41, 5.74) is 0.811. The van der Waals surface area contributed by atoms with E-state index in [1.165, 1.54) is 0 Å². The Morgan fingerprint density at radius 3 is 2.95 bits per heavy atom. The maximum Gasteiger partial charge on any atom is 0.161 e. The third-order valence-corrected chi connectivity index (χ3v) is 3.93. The van der Waals surface area contributed by atoms with Crippen molar-refractivity contribution in [1.29, 1.82) is 5.26 Å². The van der Waals surface area contributed by atoms with Crippen LogP contribution in [0.2, 0.25) is 10.0 Å². The van der Waals surface area contributed by atoms with Crippen LogP contribution < -0.4 is 4.90 Å². The zero-order chi connectivity index (χ0) is 14.8. The van der Waals surface area contributed by atoms with Gasteiger partial charge in [0.05, 0.1) is 29.9 Å². The monoisotopic (exact) mass is 322 g/mol. The van der Waals surface area contributed by atoms with Gasteiger partial charge in [0.2, 0.25) is 0 Å². The van der Waals surface area contributed by atoms with Crippen LogP contribution in [0.4, 0.5) is 5.69 Å². The van der Waals surface area contributed by atoms with Crippen molar-refractivity contribution in [3.63, 3.8) is 0 Å². The fraction of sp³-hybridized carbons (Fsp3) is 0.286. The number of benzene rings is 1. The first-order valence-corrected chi connectivity index (χ1v) is 7.17. The normalized spacial score (nSPS) is 22.0. The lowest BCUT2D eigenvalue weighted by Crippen LogP contribution is -2.45. The zero-order valence-corrected chi connectivity index (χ0v) is 12.5. The standard InChI is InChI=1S/C14H12Cl2N4O/c15-9-1-2-12(11(16)5-9)20-7-10(6-17)21-8-13(20)14-18-3-4-19-14/h1-5,10,13H,7-8H2,(H,18,19). The lowest BCUT2D eigenvalue weighted by molar-refractivity contribution is 0.0500. The number of morpholine rings is 1. The van der Waals surface area contributed by atoms with Crippen LogP contribution in [0.1, 0.15) is 11.9 Å². The van der Waals surface area contributed by atoms with Crippen LogP contribution in [0.25, 0.3) is 0 Å². The maximum atomic E-state index is 9.11. The van der Waals surface area contributed by atoms with Crippen molar-refractivity contribution >= 4 is 28.9 Å². The number of nitrogens with one attached hydrogen (secondary N) is 1. The number of anilines is 1. The number of hydrogen-bond acceptors (Lipinski definition) is 4. The molecule has 0 saturated carbocycles. The number of hydrogen-bond donors (Lipinski definition) is 1. The van der Waals surface area contributed by atoms with Gasteiger partial charge in [0.25, 0.3) is 0 Å². The van der Waals surface area contributed by atoms with Crippen LogP contribution in [0, 0.1) is 11.3 Å². The summed E-state index contributed by atoms with van der Waals surface area (Å²) in [7, 11) is 0. The summed E-state index contributed by atoms with van der Waals surface area (Å²) in [6.45, 7) is 0.786. The summed E-state index contributed by atoms with van der Waals surface area (Å²) >= 11 is 12.2. The fourth-order valence-electron chi connectivity index (χ4n) is 2.40. The molecule has 0 amide bonds. The number of aromatic nitrogens is 2. The summed E-state index contributed by atoms with van der Waals surface area (Å²) < 4.78 is 5.55. The van der Waals surface area contributed by atoms with Crippen LogP contribution in [0.5, 0.6) is 0 Å². The maximum absolute atomic E-state index is 9.11. The highest BCUT2D eigenvalue weighted by Crippen LogP contribution is 2.35. The molecule has 0 radical (unpaired) electrons. The third-order valence-electron chi connectivity index (χ3n) is 3.39. The Balaban J connectivity index is 1.99. The van der Waals surface area contributed by atoms with Crippen molar-refractivity contribution in [3.05, 3.63) is 46.5 Å². The highest BCUT2D eigenvalue weighted by molar-refractivity contribution is 6.36. The second kappa shape index (κ2) is 5.94. The smallest absolute Gasteiger partial charge is 0.161 e. The van der Waals surface area contributed by atoms with Gasteiger partial charge < -0.3 is 14.6 Å². The van der Waals surface area contributed by atoms with Crippen LogP contribution in [-0.2, 0) is 4.74 Å². The van der Waals surface area contributed by atoms with E-state index in [-0.39, 0.29) is 6.04 Å². The van der Waals surface area contributed by atoms with Gasteiger partial charge in [-0.05, 0) is 18.2 Å². The average molecular weight is 323 g/mol. The first-order valence-electron chi connectivity index (χ1n) is 6.41. The van der Waals surface area contributed by atoms with Crippen molar-refractivity contribution in [2.75, 3.05) is 18.1 Å². The van der Waals surface area contributed by atoms with Gasteiger partial charge in [-0.15, -0.1) is 0 Å². The third kappa shape index (κ3) is 2.84. The van der Waals surface area contributed by atoms with Gasteiger partial charge in [0.1, 0.15) is 11.9 Å². The highest BCUT2D eigenvalue weighted by Gasteiger charge is 2.32. The van der Waals surface area contributed by atoms with Gasteiger partial charge in [0.15, 0.2) is 6.10 Å². The number of nitriles is 1. The van der Waals surface area contributed by atoms with E-state index in [0.29, 0.717) is 23.2 Å². The molecule has 1 N–H and O–H groups in total. The van der Waals surface area contributed by atoms with Crippen LogP contribution in [0.3, 0.4) is 0 Å². The molecule has 1 saturated heterocycles. The van der Waals surface area contributed by atoms with E-state index in [1.54, 1.807) is 24.5 Å². The van der Waals surface area contributed by atoms with Gasteiger partial charge in [-0.3, -0.25) is 0 Å². The van der Waals surface area contributed by atoms with E-state index in [2.05, 4.69) is 16.0 Å². The first-order chi connectivity index (χ1) is 10.2. The summed E-state index contributed by atoms with van der Waals surface area (Å²) in [6, 6.07) is 7.33. The number of H-pyrrole nitrogens is 1. The van der Waals surface area contributed by atoms with Crippen LogP contribution in [-0.4, -0.2) is 29.2 Å². The Labute approximate surface area is 132 Å². The number of ether oxygens (including phenoxy) is 1. The second-order valence-corrected chi connectivity index (χ2v) is 5.53. The van der Waals surface area contributed by atoms with Crippen molar-refractivity contribution < 1.29 is 4.74 Å². The molecule has 1 aliphatic heterocycles. The van der Waals surface area contributed by atoms with Crippen molar-refractivity contribution in [2.45, 2.75) is 12.1 Å². The van der Waals surface area contributed by atoms with Crippen molar-refractivity contribution in [3.8, 4) is 6.07 Å². The largest absolute Gasteiger partial charge is 0.359 e. The van der Waals surface area contributed by atoms with E-state index in [9.17, 15) is 0 Å². The second-order valence-electron chi connectivity index (χ2n) is 4.69. The molecule has 1 aromatic heterocycles. The molecule has 0 aliphatic carbocycles. The Bertz CT molecular complexity index is 668. The van der Waals surface area contributed by atoms with Gasteiger partial charge in [0, 0.05) is 17.4 Å². The van der Waals surface area contributed by atoms with Crippen LogP contribution in [0.15, 0.2) is 30.6 Å². The van der Waals surface area contributed by atoms with Gasteiger partial charge in [-0.1, -0.05) is 23.2 Å². The van der Waals surface area contributed by atoms with E-state index < -0.39 is 6.10 Å². The molecule has 1 aliphatic rings. The predicted octanol–water partition coefficient (Wildman–Crippen LogP) is 3.19. The summed E-state index contributed by atoms with van der Waals surface area (Å²) in [5, 5.41) is 10.2. The Morgan fingerprint density at radius 2 is 2.29 bits per heavy atom. The zero-order valence-electron chi connectivity index (χ0n) is 11.0. The predicted molar refractivity (Wildman–Crippen MR) is 80.5 cm³/mol. The van der Waals surface area contributed by atoms with Gasteiger partial charge in [-0.25, -0.2) is 4.98 Å². The first kappa shape index (κ1) is 14.2. The Morgan fingerprint density at radius 1 is 1.43 bits per heavy atom. The number of halogens is 2. The summed E-state index contributed by atoms with van der Waals surface area (Å²) in [6.07, 6.45) is 2.95. The lowest BCUT2D eigenvalue weighted by atomic mass is 10.1. The minimum Gasteiger partial charge on any atom is -0.359 e. The van der Waals surface area contributed by atoms with Gasteiger partial charge in [-0.2, -0.15) is 5.26 Å². The average Bonchev–Trinajstić information content (AvgIpc) is 3.01. The van der Waals surface area contributed by atoms with E-state index in [1.807, 2.05) is 11.0 Å². The fourth-order valence-corrected chi connectivity index (χ4v) is 2.92. The number of rotatable bonds is 2. The lowest BCUT2D eigenvalue weighted by Gasteiger charge is -2.38. The molecule has 108 valence electrons. The summed E-state index contributed by atoms with van der Waals surface area (Å²) in [5.74, 6) is 0.775. The van der Waals surface area contributed by atoms with Crippen molar-refractivity contribution in [2.24, 2.45) is 0 Å². The molecule has 2 heterocycles. The number of imidazole rings is 1. The molecule has 2 unspecified atom stereocenters. The highest BCUT2D eigenvalue weighted by atomic mass is 35.5. The molecule has 2 atom stereocenters. The van der Waals surface area contributed by atoms with Gasteiger partial charge >= 0.3 is 0 Å².